The van der Waals surface area contributed by atoms with Crippen LogP contribution in [-0.4, -0.2) is 36.1 Å². The molecule has 0 bridgehead atoms. The number of carbonyl (C=O) groups is 2. The molecule has 0 aromatic rings. The molecule has 62 valence electrons. The third-order valence-corrected chi connectivity index (χ3v) is 1.31. The lowest BCUT2D eigenvalue weighted by Gasteiger charge is -2.12. The predicted molar refractivity (Wildman–Crippen MR) is 36.7 cm³/mol. The number of hydrogen-bond donors (Lipinski definition) is 1. The van der Waals surface area contributed by atoms with Crippen molar-refractivity contribution < 1.29 is 14.3 Å². The summed E-state index contributed by atoms with van der Waals surface area (Å²) in [7, 11) is 0. The van der Waals surface area contributed by atoms with E-state index in [9.17, 15) is 9.59 Å². The lowest BCUT2D eigenvalue weighted by Crippen LogP contribution is -2.38. The fourth-order valence-electron chi connectivity index (χ4n) is 0.845. The second-order valence-corrected chi connectivity index (χ2v) is 2.54. The molecule has 0 spiro atoms. The van der Waals surface area contributed by atoms with Crippen molar-refractivity contribution in [1.82, 2.24) is 4.90 Å². The van der Waals surface area contributed by atoms with Crippen molar-refractivity contribution in [2.75, 3.05) is 13.2 Å². The number of nitrogens with two attached hydrogens (primary N) is 1. The molecule has 0 aromatic carbocycles. The fourth-order valence-corrected chi connectivity index (χ4v) is 0.845. The normalized spacial score (nSPS) is 20.4. The van der Waals surface area contributed by atoms with Crippen LogP contribution >= 0.6 is 0 Å². The van der Waals surface area contributed by atoms with E-state index >= 15 is 0 Å². The molecular weight excluding hydrogens is 148 g/mol. The fraction of sp³-hybridized carbons (Fsp3) is 0.667. The van der Waals surface area contributed by atoms with Crippen molar-refractivity contribution in [1.29, 1.82) is 0 Å². The van der Waals surface area contributed by atoms with Gasteiger partial charge in [0.25, 0.3) is 5.91 Å². The van der Waals surface area contributed by atoms with Crippen LogP contribution in [0.4, 0.5) is 4.79 Å². The third-order valence-electron chi connectivity index (χ3n) is 1.31. The highest BCUT2D eigenvalue weighted by atomic mass is 16.6. The summed E-state index contributed by atoms with van der Waals surface area (Å²) >= 11 is 0. The first-order valence-electron chi connectivity index (χ1n) is 3.34. The van der Waals surface area contributed by atoms with Crippen LogP contribution < -0.4 is 5.73 Å². The Morgan fingerprint density at radius 2 is 2.36 bits per heavy atom. The number of amides is 2. The molecule has 2 N–H and O–H groups in total. The van der Waals surface area contributed by atoms with Crippen LogP contribution in [0.2, 0.25) is 0 Å². The van der Waals surface area contributed by atoms with Crippen LogP contribution in [0.15, 0.2) is 0 Å². The third kappa shape index (κ3) is 1.68. The van der Waals surface area contributed by atoms with E-state index in [0.717, 1.165) is 4.90 Å². The van der Waals surface area contributed by atoms with E-state index in [1.165, 1.54) is 0 Å². The Labute approximate surface area is 64.1 Å². The van der Waals surface area contributed by atoms with Gasteiger partial charge in [-0.2, -0.15) is 0 Å². The number of imide groups is 1. The lowest BCUT2D eigenvalue weighted by atomic mass is 10.3. The van der Waals surface area contributed by atoms with Gasteiger partial charge in [0.15, 0.2) is 6.61 Å². The first-order chi connectivity index (χ1) is 5.11. The molecule has 0 unspecified atom stereocenters. The molecule has 1 atom stereocenters. The van der Waals surface area contributed by atoms with E-state index in [4.69, 9.17) is 5.73 Å². The van der Waals surface area contributed by atoms with Gasteiger partial charge in [-0.15, -0.1) is 0 Å². The van der Waals surface area contributed by atoms with Gasteiger partial charge in [0.2, 0.25) is 0 Å². The molecule has 1 aliphatic heterocycles. The highest BCUT2D eigenvalue weighted by Gasteiger charge is 2.30. The number of rotatable bonds is 2. The number of hydrogen-bond acceptors (Lipinski definition) is 4. The van der Waals surface area contributed by atoms with Gasteiger partial charge in [-0.25, -0.2) is 9.69 Å². The van der Waals surface area contributed by atoms with Crippen molar-refractivity contribution in [2.24, 2.45) is 5.73 Å². The zero-order valence-corrected chi connectivity index (χ0v) is 6.24. The molecule has 1 rings (SSSR count). The van der Waals surface area contributed by atoms with Crippen LogP contribution in [0.3, 0.4) is 0 Å². The average Bonchev–Trinajstić information content (AvgIpc) is 2.18. The summed E-state index contributed by atoms with van der Waals surface area (Å²) in [4.78, 5) is 22.6. The molecule has 11 heavy (non-hydrogen) atoms. The standard InChI is InChI=1S/C6H10N2O3/c1-4(7)2-8-5(9)3-11-6(8)10/h4H,2-3,7H2,1H3/t4-/m1/s1. The number of cyclic esters (lactones) is 1. The lowest BCUT2D eigenvalue weighted by molar-refractivity contribution is -0.126. The molecule has 1 fully saturated rings. The zero-order valence-electron chi connectivity index (χ0n) is 6.24. The number of carbonyl (C=O) groups excluding carboxylic acids is 2. The second-order valence-electron chi connectivity index (χ2n) is 2.54. The van der Waals surface area contributed by atoms with Crippen LogP contribution in [0, 0.1) is 0 Å². The molecule has 1 saturated heterocycles. The van der Waals surface area contributed by atoms with Crippen molar-refractivity contribution >= 4 is 12.0 Å². The summed E-state index contributed by atoms with van der Waals surface area (Å²) in [6.45, 7) is 1.81. The van der Waals surface area contributed by atoms with Crippen LogP contribution in [-0.2, 0) is 9.53 Å². The highest BCUT2D eigenvalue weighted by molar-refractivity contribution is 5.97. The van der Waals surface area contributed by atoms with E-state index in [1.807, 2.05) is 0 Å². The van der Waals surface area contributed by atoms with E-state index in [2.05, 4.69) is 4.74 Å². The molecule has 2 amide bonds. The summed E-state index contributed by atoms with van der Waals surface area (Å²) in [5.74, 6) is -0.313. The molecule has 1 heterocycles. The molecule has 0 aromatic heterocycles. The maximum absolute atomic E-state index is 10.8. The maximum atomic E-state index is 10.8. The predicted octanol–water partition coefficient (Wildman–Crippen LogP) is -0.688. The first-order valence-corrected chi connectivity index (χ1v) is 3.34. The quantitative estimate of drug-likeness (QED) is 0.577. The molecular formula is C6H10N2O3. The van der Waals surface area contributed by atoms with Crippen molar-refractivity contribution in [3.05, 3.63) is 0 Å². The van der Waals surface area contributed by atoms with Gasteiger partial charge in [0.05, 0.1) is 0 Å². The van der Waals surface area contributed by atoms with Crippen LogP contribution in [0.1, 0.15) is 6.92 Å². The van der Waals surface area contributed by atoms with Crippen molar-refractivity contribution in [2.45, 2.75) is 13.0 Å². The van der Waals surface area contributed by atoms with E-state index in [0.29, 0.717) is 0 Å². The Bertz CT molecular complexity index is 174. The molecule has 0 saturated carbocycles. The molecule has 0 radical (unpaired) electrons. The van der Waals surface area contributed by atoms with Gasteiger partial charge in [-0.05, 0) is 6.92 Å². The summed E-state index contributed by atoms with van der Waals surface area (Å²) in [5.41, 5.74) is 5.40. The minimum atomic E-state index is -0.590. The van der Waals surface area contributed by atoms with Crippen molar-refractivity contribution in [3.63, 3.8) is 0 Å². The minimum absolute atomic E-state index is 0.147. The van der Waals surface area contributed by atoms with E-state index in [1.54, 1.807) is 6.92 Å². The van der Waals surface area contributed by atoms with Gasteiger partial charge in [0.1, 0.15) is 0 Å². The molecule has 0 aliphatic carbocycles. The van der Waals surface area contributed by atoms with E-state index < -0.39 is 6.09 Å². The number of nitrogens with zero attached hydrogens (tertiary/aromatic N) is 1. The maximum Gasteiger partial charge on any atom is 0.417 e. The zero-order chi connectivity index (χ0) is 8.43. The minimum Gasteiger partial charge on any atom is -0.439 e. The van der Waals surface area contributed by atoms with Gasteiger partial charge < -0.3 is 10.5 Å². The molecule has 5 nitrogen and oxygen atoms in total. The summed E-state index contributed by atoms with van der Waals surface area (Å²) in [6, 6.07) is -0.204. The van der Waals surface area contributed by atoms with Crippen LogP contribution in [0.25, 0.3) is 0 Å². The van der Waals surface area contributed by atoms with Gasteiger partial charge in [-0.3, -0.25) is 4.79 Å². The Balaban J connectivity index is 2.55. The van der Waals surface area contributed by atoms with Gasteiger partial charge in [0, 0.05) is 12.6 Å². The topological polar surface area (TPSA) is 72.6 Å². The average molecular weight is 158 g/mol. The summed E-state index contributed by atoms with van der Waals surface area (Å²) in [6.07, 6.45) is -0.590. The van der Waals surface area contributed by atoms with Crippen molar-refractivity contribution in [3.8, 4) is 0 Å². The molecule has 1 aliphatic rings. The van der Waals surface area contributed by atoms with Gasteiger partial charge in [-0.1, -0.05) is 0 Å². The largest absolute Gasteiger partial charge is 0.439 e. The Morgan fingerprint density at radius 1 is 1.73 bits per heavy atom. The SMILES string of the molecule is C[C@@H](N)CN1C(=O)COC1=O. The molecule has 5 heteroatoms. The second kappa shape index (κ2) is 2.87. The highest BCUT2D eigenvalue weighted by Crippen LogP contribution is 2.04. The Kier molecular flexibility index (Phi) is 2.09. The summed E-state index contributed by atoms with van der Waals surface area (Å²) < 4.78 is 4.46. The smallest absolute Gasteiger partial charge is 0.417 e. The summed E-state index contributed by atoms with van der Waals surface area (Å²) in [5, 5.41) is 0. The first kappa shape index (κ1) is 8.00. The number of ether oxygens (including phenoxy) is 1. The Morgan fingerprint density at radius 3 is 2.73 bits per heavy atom. The van der Waals surface area contributed by atoms with Crippen LogP contribution in [0.5, 0.6) is 0 Å². The van der Waals surface area contributed by atoms with E-state index in [-0.39, 0.29) is 25.1 Å². The monoisotopic (exact) mass is 158 g/mol. The van der Waals surface area contributed by atoms with Gasteiger partial charge >= 0.3 is 6.09 Å². The Hall–Kier alpha value is -1.10.